The molecule has 1 aromatic heterocycles. The van der Waals surface area contributed by atoms with Crippen molar-refractivity contribution < 1.29 is 15.8 Å². The third-order valence-electron chi connectivity index (χ3n) is 7.92. The standard InChI is InChI=1S/C29H38N6O3.H2/c1-4-24(31-28-30-18-23-19-38-29(37)35(6-3)27(23)32-28)21-9-11-22(12-10-21)25(17-20-7-8-20)33-13-15-34(16-14-33)26(36)5-2;/h5,9-12,18,20,24-25H,2,4,6-8,13-17,19H2,1,3H3,(H,30,31,32);1H/t24-,25-;/m0./s1. The minimum atomic E-state index is -0.373. The lowest BCUT2D eigenvalue weighted by atomic mass is 9.95. The van der Waals surface area contributed by atoms with Crippen molar-refractivity contribution in [3.8, 4) is 0 Å². The Hall–Kier alpha value is -3.46. The smallest absolute Gasteiger partial charge is 0.415 e. The first-order chi connectivity index (χ1) is 18.5. The Bertz CT molecular complexity index is 1160. The van der Waals surface area contributed by atoms with Crippen LogP contribution in [0, 0.1) is 5.92 Å². The zero-order valence-corrected chi connectivity index (χ0v) is 22.4. The number of anilines is 2. The summed E-state index contributed by atoms with van der Waals surface area (Å²) >= 11 is 0. The Balaban J connectivity index is 0.00000353. The van der Waals surface area contributed by atoms with Crippen molar-refractivity contribution in [2.45, 2.75) is 58.2 Å². The van der Waals surface area contributed by atoms with E-state index in [4.69, 9.17) is 4.74 Å². The quantitative estimate of drug-likeness (QED) is 0.444. The van der Waals surface area contributed by atoms with Gasteiger partial charge in [0.15, 0.2) is 0 Å². The predicted octanol–water partition coefficient (Wildman–Crippen LogP) is 4.93. The number of fused-ring (bicyclic) bond motifs is 1. The molecule has 1 N–H and O–H groups in total. The van der Waals surface area contributed by atoms with Gasteiger partial charge < -0.3 is 15.0 Å². The molecule has 3 heterocycles. The molecule has 1 saturated heterocycles. The molecule has 2 amide bonds. The van der Waals surface area contributed by atoms with E-state index in [1.807, 2.05) is 11.8 Å². The molecule has 2 aromatic rings. The lowest BCUT2D eigenvalue weighted by molar-refractivity contribution is -0.128. The molecule has 9 heteroatoms. The second kappa shape index (κ2) is 11.5. The van der Waals surface area contributed by atoms with E-state index in [-0.39, 0.29) is 26.1 Å². The van der Waals surface area contributed by atoms with Gasteiger partial charge in [0.2, 0.25) is 11.9 Å². The van der Waals surface area contributed by atoms with Crippen LogP contribution in [0.1, 0.15) is 69.7 Å². The minimum Gasteiger partial charge on any atom is -0.444 e. The van der Waals surface area contributed by atoms with Gasteiger partial charge in [0.05, 0.1) is 11.6 Å². The van der Waals surface area contributed by atoms with E-state index >= 15 is 0 Å². The minimum absolute atomic E-state index is 0. The number of nitrogens with one attached hydrogen (secondary N) is 1. The molecule has 1 aromatic carbocycles. The predicted molar refractivity (Wildman–Crippen MR) is 149 cm³/mol. The molecule has 0 bridgehead atoms. The van der Waals surface area contributed by atoms with Crippen molar-refractivity contribution in [3.63, 3.8) is 0 Å². The van der Waals surface area contributed by atoms with Crippen LogP contribution < -0.4 is 10.2 Å². The molecule has 0 radical (unpaired) electrons. The zero-order valence-electron chi connectivity index (χ0n) is 22.4. The van der Waals surface area contributed by atoms with E-state index in [2.05, 4.69) is 58.0 Å². The summed E-state index contributed by atoms with van der Waals surface area (Å²) < 4.78 is 5.20. The van der Waals surface area contributed by atoms with Crippen LogP contribution in [0.25, 0.3) is 0 Å². The highest BCUT2D eigenvalue weighted by molar-refractivity contribution is 5.89. The van der Waals surface area contributed by atoms with Crippen molar-refractivity contribution in [1.29, 1.82) is 0 Å². The Labute approximate surface area is 226 Å². The van der Waals surface area contributed by atoms with Gasteiger partial charge in [0, 0.05) is 46.4 Å². The van der Waals surface area contributed by atoms with E-state index < -0.39 is 0 Å². The Morgan fingerprint density at radius 2 is 1.89 bits per heavy atom. The van der Waals surface area contributed by atoms with Crippen LogP contribution in [-0.4, -0.2) is 64.5 Å². The van der Waals surface area contributed by atoms with Gasteiger partial charge >= 0.3 is 6.09 Å². The summed E-state index contributed by atoms with van der Waals surface area (Å²) in [5.41, 5.74) is 3.32. The molecule has 0 unspecified atom stereocenters. The number of carbonyl (C=O) groups is 2. The Morgan fingerprint density at radius 1 is 1.18 bits per heavy atom. The fourth-order valence-electron chi connectivity index (χ4n) is 5.46. The van der Waals surface area contributed by atoms with Crippen LogP contribution in [0.2, 0.25) is 0 Å². The normalized spacial score (nSPS) is 19.4. The Kier molecular flexibility index (Phi) is 7.93. The molecule has 2 aliphatic heterocycles. The van der Waals surface area contributed by atoms with Gasteiger partial charge in [-0.3, -0.25) is 14.6 Å². The number of hydrogen-bond donors (Lipinski definition) is 1. The molecule has 1 aliphatic carbocycles. The lowest BCUT2D eigenvalue weighted by Crippen LogP contribution is -2.49. The number of benzene rings is 1. The van der Waals surface area contributed by atoms with E-state index in [9.17, 15) is 9.59 Å². The first-order valence-corrected chi connectivity index (χ1v) is 13.8. The van der Waals surface area contributed by atoms with Crippen LogP contribution in [0.4, 0.5) is 16.6 Å². The van der Waals surface area contributed by atoms with Crippen molar-refractivity contribution in [2.24, 2.45) is 5.92 Å². The number of piperazine rings is 1. The molecular formula is C29H40N6O3. The fourth-order valence-corrected chi connectivity index (χ4v) is 5.46. The van der Waals surface area contributed by atoms with E-state index in [0.29, 0.717) is 24.4 Å². The van der Waals surface area contributed by atoms with Crippen LogP contribution >= 0.6 is 0 Å². The number of nitrogens with zero attached hydrogens (tertiary/aromatic N) is 5. The highest BCUT2D eigenvalue weighted by atomic mass is 16.6. The monoisotopic (exact) mass is 520 g/mol. The third-order valence-corrected chi connectivity index (χ3v) is 7.92. The maximum atomic E-state index is 12.1. The maximum absolute atomic E-state index is 12.1. The molecule has 2 fully saturated rings. The summed E-state index contributed by atoms with van der Waals surface area (Å²) in [5.74, 6) is 1.95. The molecule has 2 atom stereocenters. The number of ether oxygens (including phenoxy) is 1. The molecule has 1 saturated carbocycles. The molecule has 5 rings (SSSR count). The highest BCUT2D eigenvalue weighted by Gasteiger charge is 2.32. The summed E-state index contributed by atoms with van der Waals surface area (Å²) in [4.78, 5) is 39.3. The van der Waals surface area contributed by atoms with Gasteiger partial charge in [-0.15, -0.1) is 0 Å². The molecule has 204 valence electrons. The topological polar surface area (TPSA) is 90.9 Å². The SMILES string of the molecule is C=CC(=O)N1CCN([C@@H](CC2CC2)c2ccc([C@H](CC)Nc3ncc4c(n3)N(CC)C(=O)OC4)cc2)CC1.[HH]. The fraction of sp³-hybridized carbons (Fsp3) is 0.517. The highest BCUT2D eigenvalue weighted by Crippen LogP contribution is 2.40. The van der Waals surface area contributed by atoms with E-state index in [0.717, 1.165) is 44.1 Å². The summed E-state index contributed by atoms with van der Waals surface area (Å²) in [6.45, 7) is 11.6. The van der Waals surface area contributed by atoms with E-state index in [1.165, 1.54) is 41.4 Å². The van der Waals surface area contributed by atoms with Gasteiger partial charge in [0.25, 0.3) is 0 Å². The maximum Gasteiger partial charge on any atom is 0.415 e. The summed E-state index contributed by atoms with van der Waals surface area (Å²) in [5, 5.41) is 3.47. The van der Waals surface area contributed by atoms with Gasteiger partial charge in [-0.25, -0.2) is 9.78 Å². The van der Waals surface area contributed by atoms with Crippen molar-refractivity contribution in [1.82, 2.24) is 19.8 Å². The summed E-state index contributed by atoms with van der Waals surface area (Å²) in [7, 11) is 0. The molecule has 0 spiro atoms. The molecular weight excluding hydrogens is 480 g/mol. The Morgan fingerprint density at radius 3 is 2.53 bits per heavy atom. The largest absolute Gasteiger partial charge is 0.444 e. The summed E-state index contributed by atoms with van der Waals surface area (Å²) in [6, 6.07) is 9.36. The van der Waals surface area contributed by atoms with Gasteiger partial charge in [-0.2, -0.15) is 4.98 Å². The van der Waals surface area contributed by atoms with Crippen LogP contribution in [0.5, 0.6) is 0 Å². The number of hydrogen-bond acceptors (Lipinski definition) is 7. The van der Waals surface area contributed by atoms with Crippen molar-refractivity contribution in [2.75, 3.05) is 42.9 Å². The van der Waals surface area contributed by atoms with Crippen molar-refractivity contribution >= 4 is 23.8 Å². The first-order valence-electron chi connectivity index (χ1n) is 13.8. The van der Waals surface area contributed by atoms with Gasteiger partial charge in [0.1, 0.15) is 12.4 Å². The third kappa shape index (κ3) is 5.67. The molecule has 3 aliphatic rings. The van der Waals surface area contributed by atoms with Crippen LogP contribution in [0.15, 0.2) is 43.1 Å². The second-order valence-electron chi connectivity index (χ2n) is 10.4. The molecule has 38 heavy (non-hydrogen) atoms. The average Bonchev–Trinajstić information content (AvgIpc) is 3.79. The van der Waals surface area contributed by atoms with Crippen LogP contribution in [0.3, 0.4) is 0 Å². The lowest BCUT2D eigenvalue weighted by Gasteiger charge is -2.39. The number of cyclic esters (lactones) is 1. The van der Waals surface area contributed by atoms with Gasteiger partial charge in [-0.1, -0.05) is 50.6 Å². The average molecular weight is 521 g/mol. The second-order valence-corrected chi connectivity index (χ2v) is 10.4. The number of carbonyl (C=O) groups excluding carboxylic acids is 2. The van der Waals surface area contributed by atoms with E-state index in [1.54, 1.807) is 6.20 Å². The number of amides is 2. The zero-order chi connectivity index (χ0) is 26.6. The number of rotatable bonds is 10. The molecule has 9 nitrogen and oxygen atoms in total. The van der Waals surface area contributed by atoms with Crippen molar-refractivity contribution in [3.05, 3.63) is 59.8 Å². The first kappa shape index (κ1) is 26.2. The van der Waals surface area contributed by atoms with Crippen LogP contribution in [-0.2, 0) is 16.1 Å². The number of aromatic nitrogens is 2. The van der Waals surface area contributed by atoms with Gasteiger partial charge in [-0.05, 0) is 42.9 Å². The summed E-state index contributed by atoms with van der Waals surface area (Å²) in [6.07, 6.45) is 7.45.